The summed E-state index contributed by atoms with van der Waals surface area (Å²) in [4.78, 5) is 43.3. The van der Waals surface area contributed by atoms with E-state index in [1.54, 1.807) is 6.92 Å². The maximum Gasteiger partial charge on any atom is 0.433 e. The van der Waals surface area contributed by atoms with Crippen LogP contribution in [0.25, 0.3) is 0 Å². The van der Waals surface area contributed by atoms with E-state index in [9.17, 15) is 37.8 Å². The van der Waals surface area contributed by atoms with Crippen molar-refractivity contribution in [3.8, 4) is 0 Å². The number of nitrogens with zero attached hydrogens (tertiary/aromatic N) is 4. The zero-order valence-corrected chi connectivity index (χ0v) is 23.8. The van der Waals surface area contributed by atoms with Crippen LogP contribution in [0.2, 0.25) is 10.0 Å². The lowest BCUT2D eigenvalue weighted by atomic mass is 9.79. The first-order valence-electron chi connectivity index (χ1n) is 13.4. The fourth-order valence-corrected chi connectivity index (χ4v) is 6.33. The highest BCUT2D eigenvalue weighted by atomic mass is 35.5. The molecular weight excluding hydrogens is 588 g/mol. The van der Waals surface area contributed by atoms with Gasteiger partial charge in [-0.05, 0) is 64.2 Å². The molecule has 2 aliphatic rings. The van der Waals surface area contributed by atoms with Crippen molar-refractivity contribution < 1.29 is 37.8 Å². The van der Waals surface area contributed by atoms with Crippen LogP contribution in [0.1, 0.15) is 90.7 Å². The molecule has 2 aromatic heterocycles. The van der Waals surface area contributed by atoms with Gasteiger partial charge in [0.1, 0.15) is 0 Å². The second kappa shape index (κ2) is 12.3. The van der Waals surface area contributed by atoms with Crippen molar-refractivity contribution in [3.05, 3.63) is 45.5 Å². The van der Waals surface area contributed by atoms with Crippen molar-refractivity contribution in [2.75, 3.05) is 13.1 Å². The summed E-state index contributed by atoms with van der Waals surface area (Å²) in [6.07, 6.45) is 0.978. The number of carbonyl (C=O) groups excluding carboxylic acids is 2. The normalized spacial score (nSPS) is 25.1. The number of rotatable bonds is 8. The minimum absolute atomic E-state index is 0.0207. The molecule has 4 rings (SSSR count). The standard InChI is InChI=1S/C27H31Cl2F3N4O5/c1-26(41)8-6-15(7-9-26)13-35(14-21(37)22-19(28)11-33-12-20(22)29)24(38)18-10-34-36(23(18)27(30,31)32)17-4-2-16(3-5-17)25(39)40/h10-12,15-17,41H,2-9,13-14H2,1H3,(H,39,40)/t15?,16-,17-,26?. The molecule has 2 fully saturated rings. The lowest BCUT2D eigenvalue weighted by molar-refractivity contribution is -0.147. The molecule has 224 valence electrons. The van der Waals surface area contributed by atoms with Gasteiger partial charge in [-0.1, -0.05) is 23.2 Å². The highest BCUT2D eigenvalue weighted by molar-refractivity contribution is 6.39. The molecule has 0 bridgehead atoms. The number of aliphatic carboxylic acids is 1. The van der Waals surface area contributed by atoms with E-state index in [1.807, 2.05) is 0 Å². The summed E-state index contributed by atoms with van der Waals surface area (Å²) in [6.45, 7) is 1.10. The lowest BCUT2D eigenvalue weighted by Gasteiger charge is -2.35. The van der Waals surface area contributed by atoms with Crippen LogP contribution in [0.3, 0.4) is 0 Å². The fourth-order valence-electron chi connectivity index (χ4n) is 5.76. The van der Waals surface area contributed by atoms with E-state index >= 15 is 0 Å². The van der Waals surface area contributed by atoms with Crippen LogP contribution >= 0.6 is 23.2 Å². The minimum atomic E-state index is -4.94. The van der Waals surface area contributed by atoms with E-state index < -0.39 is 59.2 Å². The van der Waals surface area contributed by atoms with Crippen LogP contribution in [-0.4, -0.2) is 66.2 Å². The first-order valence-corrected chi connectivity index (χ1v) is 14.1. The predicted octanol–water partition coefficient (Wildman–Crippen LogP) is 5.69. The van der Waals surface area contributed by atoms with Gasteiger partial charge in [0.05, 0.1) is 51.5 Å². The summed E-state index contributed by atoms with van der Waals surface area (Å²) in [7, 11) is 0. The topological polar surface area (TPSA) is 126 Å². The third kappa shape index (κ3) is 7.21. The van der Waals surface area contributed by atoms with Crippen LogP contribution in [0.4, 0.5) is 13.2 Å². The Balaban J connectivity index is 1.66. The van der Waals surface area contributed by atoms with Gasteiger partial charge in [-0.3, -0.25) is 24.0 Å². The Morgan fingerprint density at radius 1 is 1.05 bits per heavy atom. The second-order valence-corrected chi connectivity index (χ2v) is 12.0. The van der Waals surface area contributed by atoms with Crippen molar-refractivity contribution >= 4 is 40.9 Å². The second-order valence-electron chi connectivity index (χ2n) is 11.2. The lowest BCUT2D eigenvalue weighted by Crippen LogP contribution is -2.42. The molecule has 2 aliphatic carbocycles. The van der Waals surface area contributed by atoms with Gasteiger partial charge in [0, 0.05) is 18.9 Å². The first kappa shape index (κ1) is 31.2. The molecule has 0 spiro atoms. The number of alkyl halides is 3. The van der Waals surface area contributed by atoms with Gasteiger partial charge in [0.2, 0.25) is 0 Å². The Hall–Kier alpha value is -2.70. The summed E-state index contributed by atoms with van der Waals surface area (Å²) in [6, 6.07) is -0.728. The number of halogens is 5. The molecule has 0 aromatic carbocycles. The van der Waals surface area contributed by atoms with Gasteiger partial charge in [0.25, 0.3) is 5.91 Å². The third-order valence-corrected chi connectivity index (χ3v) is 8.67. The number of carboxylic acid groups (broad SMARTS) is 1. The van der Waals surface area contributed by atoms with E-state index in [0.717, 1.165) is 15.8 Å². The third-order valence-electron chi connectivity index (χ3n) is 8.10. The number of aliphatic hydroxyl groups is 1. The van der Waals surface area contributed by atoms with Gasteiger partial charge in [-0.15, -0.1) is 0 Å². The van der Waals surface area contributed by atoms with E-state index in [0.29, 0.717) is 25.7 Å². The fraction of sp³-hybridized carbons (Fsp3) is 0.593. The molecule has 0 unspecified atom stereocenters. The number of carbonyl (C=O) groups is 3. The molecular formula is C27H31Cl2F3N4O5. The molecule has 41 heavy (non-hydrogen) atoms. The number of aromatic nitrogens is 3. The molecule has 0 atom stereocenters. The van der Waals surface area contributed by atoms with Crippen molar-refractivity contribution in [1.29, 1.82) is 0 Å². The van der Waals surface area contributed by atoms with Crippen LogP contribution in [-0.2, 0) is 11.0 Å². The van der Waals surface area contributed by atoms with Crippen LogP contribution < -0.4 is 0 Å². The zero-order chi connectivity index (χ0) is 30.1. The highest BCUT2D eigenvalue weighted by Gasteiger charge is 2.44. The Morgan fingerprint density at radius 3 is 2.17 bits per heavy atom. The smallest absolute Gasteiger partial charge is 0.433 e. The van der Waals surface area contributed by atoms with Gasteiger partial charge in [0.15, 0.2) is 11.5 Å². The monoisotopic (exact) mass is 618 g/mol. The Bertz CT molecular complexity index is 1280. The van der Waals surface area contributed by atoms with E-state index in [1.165, 1.54) is 12.4 Å². The first-order chi connectivity index (χ1) is 19.2. The minimum Gasteiger partial charge on any atom is -0.481 e. The molecule has 2 saturated carbocycles. The molecule has 0 radical (unpaired) electrons. The maximum atomic E-state index is 14.4. The summed E-state index contributed by atoms with van der Waals surface area (Å²) < 4.78 is 44.1. The molecule has 2 N–H and O–H groups in total. The van der Waals surface area contributed by atoms with Crippen LogP contribution in [0, 0.1) is 11.8 Å². The van der Waals surface area contributed by atoms with E-state index in [2.05, 4.69) is 10.1 Å². The number of pyridine rings is 1. The van der Waals surface area contributed by atoms with Crippen molar-refractivity contribution in [1.82, 2.24) is 19.7 Å². The Morgan fingerprint density at radius 2 is 1.63 bits per heavy atom. The molecule has 2 aromatic rings. The Kier molecular flexibility index (Phi) is 9.35. The van der Waals surface area contributed by atoms with E-state index in [-0.39, 0.29) is 53.8 Å². The quantitative estimate of drug-likeness (QED) is 0.364. The van der Waals surface area contributed by atoms with Crippen molar-refractivity contribution in [3.63, 3.8) is 0 Å². The van der Waals surface area contributed by atoms with E-state index in [4.69, 9.17) is 23.2 Å². The number of ketones is 1. The average molecular weight is 619 g/mol. The number of hydrogen-bond acceptors (Lipinski definition) is 6. The summed E-state index contributed by atoms with van der Waals surface area (Å²) in [5.74, 6) is -3.47. The predicted molar refractivity (Wildman–Crippen MR) is 143 cm³/mol. The van der Waals surface area contributed by atoms with Crippen molar-refractivity contribution in [2.24, 2.45) is 11.8 Å². The summed E-state index contributed by atoms with van der Waals surface area (Å²) in [5.41, 5.74) is -2.89. The largest absolute Gasteiger partial charge is 0.481 e. The van der Waals surface area contributed by atoms with Crippen molar-refractivity contribution in [2.45, 2.75) is 76.1 Å². The molecule has 0 aliphatic heterocycles. The number of Topliss-reactive ketones (excluding diaryl/α,β-unsaturated/α-hetero) is 1. The van der Waals surface area contributed by atoms with Crippen LogP contribution in [0.15, 0.2) is 18.6 Å². The SMILES string of the molecule is CC1(O)CCC(CN(CC(=O)c2c(Cl)cncc2Cl)C(=O)c2cnn([C@H]3CC[C@H](C(=O)O)CC3)c2C(F)(F)F)CC1. The van der Waals surface area contributed by atoms with Gasteiger partial charge < -0.3 is 15.1 Å². The maximum absolute atomic E-state index is 14.4. The van der Waals surface area contributed by atoms with Gasteiger partial charge in [-0.2, -0.15) is 18.3 Å². The Labute approximate surface area is 244 Å². The highest BCUT2D eigenvalue weighted by Crippen LogP contribution is 2.40. The van der Waals surface area contributed by atoms with Gasteiger partial charge in [-0.25, -0.2) is 0 Å². The summed E-state index contributed by atoms with van der Waals surface area (Å²) in [5, 5.41) is 23.4. The summed E-state index contributed by atoms with van der Waals surface area (Å²) >= 11 is 12.3. The number of hydrogen-bond donors (Lipinski definition) is 2. The molecule has 14 heteroatoms. The number of amides is 1. The average Bonchev–Trinajstić information content (AvgIpc) is 3.35. The van der Waals surface area contributed by atoms with Gasteiger partial charge >= 0.3 is 12.1 Å². The number of carboxylic acids is 1. The van der Waals surface area contributed by atoms with Crippen LogP contribution in [0.5, 0.6) is 0 Å². The molecule has 2 heterocycles. The molecule has 0 saturated heterocycles. The molecule has 1 amide bonds. The molecule has 9 nitrogen and oxygen atoms in total. The zero-order valence-electron chi connectivity index (χ0n) is 22.3.